The van der Waals surface area contributed by atoms with Crippen LogP contribution in [0.3, 0.4) is 0 Å². The number of hydrogen-bond acceptors (Lipinski definition) is 7. The van der Waals surface area contributed by atoms with Gasteiger partial charge in [0.2, 0.25) is 5.95 Å². The van der Waals surface area contributed by atoms with Gasteiger partial charge in [0.1, 0.15) is 5.75 Å². The molecular weight excluding hydrogens is 460 g/mol. The molecular formula is C26H24N6O2S. The maximum absolute atomic E-state index is 13.2. The topological polar surface area (TPSA) is 75.9 Å². The highest BCUT2D eigenvalue weighted by molar-refractivity contribution is 7.23. The van der Waals surface area contributed by atoms with E-state index in [2.05, 4.69) is 25.5 Å². The number of ether oxygens (including phenoxy) is 1. The summed E-state index contributed by atoms with van der Waals surface area (Å²) in [7, 11) is 0. The number of hydrogen-bond donors (Lipinski definition) is 0. The Balaban J connectivity index is 1.20. The van der Waals surface area contributed by atoms with Gasteiger partial charge in [0, 0.05) is 55.9 Å². The van der Waals surface area contributed by atoms with Crippen molar-refractivity contribution in [3.63, 3.8) is 0 Å². The highest BCUT2D eigenvalue weighted by Crippen LogP contribution is 2.31. The van der Waals surface area contributed by atoms with E-state index in [-0.39, 0.29) is 5.91 Å². The summed E-state index contributed by atoms with van der Waals surface area (Å²) in [6.07, 6.45) is 5.54. The molecule has 0 spiro atoms. The number of carbonyl (C=O) groups is 1. The lowest BCUT2D eigenvalue weighted by molar-refractivity contribution is 0.0746. The number of nitrogens with zero attached hydrogens (tertiary/aromatic N) is 6. The van der Waals surface area contributed by atoms with Crippen molar-refractivity contribution in [3.05, 3.63) is 72.7 Å². The van der Waals surface area contributed by atoms with E-state index in [1.807, 2.05) is 60.4 Å². The van der Waals surface area contributed by atoms with Crippen LogP contribution in [0.4, 0.5) is 5.95 Å². The molecule has 176 valence electrons. The fourth-order valence-corrected chi connectivity index (χ4v) is 5.46. The van der Waals surface area contributed by atoms with Crippen molar-refractivity contribution in [3.8, 4) is 17.0 Å². The highest BCUT2D eigenvalue weighted by Gasteiger charge is 2.24. The zero-order chi connectivity index (χ0) is 23.8. The third kappa shape index (κ3) is 4.08. The van der Waals surface area contributed by atoms with Crippen LogP contribution in [0.15, 0.2) is 67.1 Å². The normalized spacial score (nSPS) is 14.1. The first kappa shape index (κ1) is 21.5. The second kappa shape index (κ2) is 8.99. The zero-order valence-electron chi connectivity index (χ0n) is 19.3. The average molecular weight is 485 g/mol. The Morgan fingerprint density at radius 1 is 1.03 bits per heavy atom. The molecule has 8 nitrogen and oxygen atoms in total. The van der Waals surface area contributed by atoms with Crippen molar-refractivity contribution in [2.24, 2.45) is 0 Å². The lowest BCUT2D eigenvalue weighted by Crippen LogP contribution is -2.49. The highest BCUT2D eigenvalue weighted by atomic mass is 32.1. The Kier molecular flexibility index (Phi) is 5.54. The number of piperazine rings is 1. The van der Waals surface area contributed by atoms with Crippen molar-refractivity contribution < 1.29 is 9.53 Å². The van der Waals surface area contributed by atoms with Crippen LogP contribution in [0.25, 0.3) is 26.4 Å². The van der Waals surface area contributed by atoms with Gasteiger partial charge in [-0.05, 0) is 55.5 Å². The summed E-state index contributed by atoms with van der Waals surface area (Å²) >= 11 is 1.60. The Morgan fingerprint density at radius 2 is 1.80 bits per heavy atom. The molecule has 0 atom stereocenters. The molecule has 35 heavy (non-hydrogen) atoms. The van der Waals surface area contributed by atoms with E-state index in [1.165, 1.54) is 0 Å². The zero-order valence-corrected chi connectivity index (χ0v) is 20.1. The summed E-state index contributed by atoms with van der Waals surface area (Å²) in [5.74, 6) is 1.63. The van der Waals surface area contributed by atoms with Gasteiger partial charge in [0.15, 0.2) is 4.96 Å². The number of carbonyl (C=O) groups excluding carboxylic acids is 1. The summed E-state index contributed by atoms with van der Waals surface area (Å²) in [6, 6.07) is 15.7. The van der Waals surface area contributed by atoms with Gasteiger partial charge in [0.25, 0.3) is 5.91 Å². The monoisotopic (exact) mass is 484 g/mol. The molecule has 0 bridgehead atoms. The minimum absolute atomic E-state index is 0.0571. The minimum atomic E-state index is 0.0571. The van der Waals surface area contributed by atoms with Crippen LogP contribution >= 0.6 is 11.3 Å². The first-order valence-electron chi connectivity index (χ1n) is 11.7. The predicted molar refractivity (Wildman–Crippen MR) is 137 cm³/mol. The summed E-state index contributed by atoms with van der Waals surface area (Å²) < 4.78 is 8.68. The third-order valence-electron chi connectivity index (χ3n) is 6.20. The number of thiazole rings is 1. The van der Waals surface area contributed by atoms with Crippen molar-refractivity contribution in [1.82, 2.24) is 24.3 Å². The molecule has 1 fully saturated rings. The van der Waals surface area contributed by atoms with E-state index < -0.39 is 0 Å². The van der Waals surface area contributed by atoms with E-state index in [4.69, 9.17) is 9.72 Å². The minimum Gasteiger partial charge on any atom is -0.494 e. The summed E-state index contributed by atoms with van der Waals surface area (Å²) in [5, 5.41) is 0. The van der Waals surface area contributed by atoms with Gasteiger partial charge in [-0.25, -0.2) is 15.0 Å². The summed E-state index contributed by atoms with van der Waals surface area (Å²) in [6.45, 7) is 5.36. The summed E-state index contributed by atoms with van der Waals surface area (Å²) in [5.41, 5.74) is 3.72. The molecule has 0 N–H and O–H groups in total. The van der Waals surface area contributed by atoms with Gasteiger partial charge in [-0.3, -0.25) is 9.20 Å². The Morgan fingerprint density at radius 3 is 2.54 bits per heavy atom. The molecule has 3 aromatic heterocycles. The van der Waals surface area contributed by atoms with Gasteiger partial charge < -0.3 is 14.5 Å². The van der Waals surface area contributed by atoms with Crippen LogP contribution in [-0.4, -0.2) is 62.9 Å². The van der Waals surface area contributed by atoms with E-state index >= 15 is 0 Å². The molecule has 0 saturated carbocycles. The maximum atomic E-state index is 13.2. The van der Waals surface area contributed by atoms with E-state index in [0.717, 1.165) is 45.3 Å². The first-order valence-corrected chi connectivity index (χ1v) is 12.5. The fourth-order valence-electron chi connectivity index (χ4n) is 4.41. The SMILES string of the molecule is CCOc1ccc(-c2cn3c(n2)sc2cc(C(=O)N4CCN(c5ncccn5)CC4)ccc23)cc1. The number of imidazole rings is 1. The molecule has 1 amide bonds. The fraction of sp³-hybridized carbons (Fsp3) is 0.231. The van der Waals surface area contributed by atoms with Crippen LogP contribution in [0.2, 0.25) is 0 Å². The van der Waals surface area contributed by atoms with E-state index in [1.54, 1.807) is 23.7 Å². The van der Waals surface area contributed by atoms with Crippen molar-refractivity contribution in [1.29, 1.82) is 0 Å². The molecule has 0 aliphatic carbocycles. The molecule has 2 aromatic carbocycles. The molecule has 1 aliphatic heterocycles. The predicted octanol–water partition coefficient (Wildman–Crippen LogP) is 4.37. The Labute approximate surface area is 206 Å². The molecule has 0 radical (unpaired) electrons. The standard InChI is InChI=1S/C26H24N6O2S/c1-2-34-20-7-4-18(5-8-20)21-17-32-22-9-6-19(16-23(22)35-26(32)29-21)24(33)30-12-14-31(15-13-30)25-27-10-3-11-28-25/h3-11,16-17H,2,12-15H2,1H3. The number of benzene rings is 2. The van der Waals surface area contributed by atoms with Crippen LogP contribution in [0.5, 0.6) is 5.75 Å². The quantitative estimate of drug-likeness (QED) is 0.369. The molecule has 9 heteroatoms. The Hall–Kier alpha value is -3.98. The number of anilines is 1. The largest absolute Gasteiger partial charge is 0.494 e. The molecule has 1 aliphatic rings. The Bertz CT molecular complexity index is 1490. The second-order valence-electron chi connectivity index (χ2n) is 8.35. The number of fused-ring (bicyclic) bond motifs is 3. The molecule has 5 aromatic rings. The van der Waals surface area contributed by atoms with Crippen LogP contribution in [0, 0.1) is 0 Å². The number of aromatic nitrogens is 4. The summed E-state index contributed by atoms with van der Waals surface area (Å²) in [4.78, 5) is 31.6. The van der Waals surface area contributed by atoms with Crippen molar-refractivity contribution >= 4 is 38.4 Å². The van der Waals surface area contributed by atoms with Gasteiger partial charge in [-0.2, -0.15) is 0 Å². The number of amides is 1. The second-order valence-corrected chi connectivity index (χ2v) is 9.36. The average Bonchev–Trinajstić information content (AvgIpc) is 3.47. The van der Waals surface area contributed by atoms with Gasteiger partial charge in [0.05, 0.1) is 22.5 Å². The molecule has 6 rings (SSSR count). The van der Waals surface area contributed by atoms with Crippen LogP contribution < -0.4 is 9.64 Å². The van der Waals surface area contributed by atoms with Crippen LogP contribution in [-0.2, 0) is 0 Å². The van der Waals surface area contributed by atoms with E-state index in [9.17, 15) is 4.79 Å². The lowest BCUT2D eigenvalue weighted by Gasteiger charge is -2.34. The lowest BCUT2D eigenvalue weighted by atomic mass is 10.1. The van der Waals surface area contributed by atoms with Gasteiger partial charge >= 0.3 is 0 Å². The smallest absolute Gasteiger partial charge is 0.254 e. The van der Waals surface area contributed by atoms with Gasteiger partial charge in [-0.1, -0.05) is 11.3 Å². The van der Waals surface area contributed by atoms with Gasteiger partial charge in [-0.15, -0.1) is 0 Å². The molecule has 0 unspecified atom stereocenters. The maximum Gasteiger partial charge on any atom is 0.254 e. The molecule has 1 saturated heterocycles. The molecule has 4 heterocycles. The third-order valence-corrected chi connectivity index (χ3v) is 7.22. The van der Waals surface area contributed by atoms with Crippen molar-refractivity contribution in [2.45, 2.75) is 6.92 Å². The van der Waals surface area contributed by atoms with E-state index in [0.29, 0.717) is 31.2 Å². The van der Waals surface area contributed by atoms with Crippen molar-refractivity contribution in [2.75, 3.05) is 37.7 Å². The number of rotatable bonds is 5. The first-order chi connectivity index (χ1) is 17.2. The van der Waals surface area contributed by atoms with Crippen LogP contribution in [0.1, 0.15) is 17.3 Å².